The van der Waals surface area contributed by atoms with Crippen molar-refractivity contribution in [3.63, 3.8) is 0 Å². The van der Waals surface area contributed by atoms with E-state index in [-0.39, 0.29) is 6.04 Å². The lowest BCUT2D eigenvalue weighted by Gasteiger charge is -2.36. The SMILES string of the molecule is CCOC1CCN(C(CC)C(N)=S)CC1. The summed E-state index contributed by atoms with van der Waals surface area (Å²) < 4.78 is 5.61. The predicted molar refractivity (Wildman–Crippen MR) is 67.1 cm³/mol. The second kappa shape index (κ2) is 6.40. The van der Waals surface area contributed by atoms with Crippen molar-refractivity contribution >= 4 is 17.2 Å². The molecular weight excluding hydrogens is 208 g/mol. The summed E-state index contributed by atoms with van der Waals surface area (Å²) in [6, 6.07) is 0.280. The molecule has 0 aromatic carbocycles. The van der Waals surface area contributed by atoms with Gasteiger partial charge in [0.05, 0.1) is 17.1 Å². The maximum Gasteiger partial charge on any atom is 0.0901 e. The van der Waals surface area contributed by atoms with E-state index in [1.807, 2.05) is 0 Å². The number of piperidine rings is 1. The Balaban J connectivity index is 2.38. The van der Waals surface area contributed by atoms with Crippen molar-refractivity contribution in [1.82, 2.24) is 4.90 Å². The summed E-state index contributed by atoms with van der Waals surface area (Å²) in [4.78, 5) is 3.02. The molecule has 0 bridgehead atoms. The second-order valence-electron chi connectivity index (χ2n) is 4.02. The zero-order valence-electron chi connectivity index (χ0n) is 9.74. The molecule has 0 radical (unpaired) electrons. The van der Waals surface area contributed by atoms with E-state index in [9.17, 15) is 0 Å². The number of nitrogens with two attached hydrogens (primary N) is 1. The molecule has 4 heteroatoms. The van der Waals surface area contributed by atoms with Crippen molar-refractivity contribution in [2.24, 2.45) is 5.73 Å². The van der Waals surface area contributed by atoms with E-state index in [4.69, 9.17) is 22.7 Å². The summed E-state index contributed by atoms with van der Waals surface area (Å²) in [5.74, 6) is 0. The van der Waals surface area contributed by atoms with E-state index in [1.54, 1.807) is 0 Å². The van der Waals surface area contributed by atoms with Crippen LogP contribution in [0.4, 0.5) is 0 Å². The van der Waals surface area contributed by atoms with Crippen LogP contribution in [0.15, 0.2) is 0 Å². The summed E-state index contributed by atoms with van der Waals surface area (Å²) in [6.45, 7) is 7.12. The van der Waals surface area contributed by atoms with Gasteiger partial charge in [-0.05, 0) is 26.2 Å². The molecule has 2 N–H and O–H groups in total. The average molecular weight is 230 g/mol. The quantitative estimate of drug-likeness (QED) is 0.727. The number of ether oxygens (including phenoxy) is 1. The average Bonchev–Trinajstić information content (AvgIpc) is 2.21. The van der Waals surface area contributed by atoms with Gasteiger partial charge in [0.1, 0.15) is 0 Å². The molecular formula is C11H22N2OS. The van der Waals surface area contributed by atoms with Crippen molar-refractivity contribution < 1.29 is 4.74 Å². The normalized spacial score (nSPS) is 21.5. The summed E-state index contributed by atoms with van der Waals surface area (Å²) in [5, 5.41) is 0. The van der Waals surface area contributed by atoms with E-state index >= 15 is 0 Å². The minimum Gasteiger partial charge on any atom is -0.392 e. The first kappa shape index (κ1) is 12.9. The Hall–Kier alpha value is -0.190. The van der Waals surface area contributed by atoms with Crippen molar-refractivity contribution in [1.29, 1.82) is 0 Å². The highest BCUT2D eigenvalue weighted by Gasteiger charge is 2.25. The number of rotatable bonds is 5. The molecule has 1 aliphatic rings. The van der Waals surface area contributed by atoms with Crippen LogP contribution < -0.4 is 5.73 Å². The van der Waals surface area contributed by atoms with Crippen LogP contribution in [-0.2, 0) is 4.74 Å². The van der Waals surface area contributed by atoms with Crippen molar-refractivity contribution in [2.45, 2.75) is 45.3 Å². The Bertz CT molecular complexity index is 203. The van der Waals surface area contributed by atoms with Crippen LogP contribution in [-0.4, -0.2) is 41.7 Å². The highest BCUT2D eigenvalue weighted by atomic mass is 32.1. The molecule has 0 aromatic rings. The molecule has 0 amide bonds. The van der Waals surface area contributed by atoms with Gasteiger partial charge >= 0.3 is 0 Å². The van der Waals surface area contributed by atoms with Crippen LogP contribution in [0.3, 0.4) is 0 Å². The fourth-order valence-electron chi connectivity index (χ4n) is 2.23. The zero-order valence-corrected chi connectivity index (χ0v) is 10.6. The van der Waals surface area contributed by atoms with Gasteiger partial charge in [-0.15, -0.1) is 0 Å². The molecule has 0 saturated carbocycles. The molecule has 1 saturated heterocycles. The Morgan fingerprint density at radius 1 is 1.47 bits per heavy atom. The molecule has 0 spiro atoms. The molecule has 1 atom stereocenters. The third-order valence-corrected chi connectivity index (χ3v) is 3.31. The van der Waals surface area contributed by atoms with Gasteiger partial charge in [0.15, 0.2) is 0 Å². The first-order valence-electron chi connectivity index (χ1n) is 5.84. The van der Waals surface area contributed by atoms with Gasteiger partial charge in [-0.3, -0.25) is 4.90 Å². The van der Waals surface area contributed by atoms with Crippen LogP contribution in [0.2, 0.25) is 0 Å². The molecule has 0 aliphatic carbocycles. The van der Waals surface area contributed by atoms with Crippen molar-refractivity contribution in [2.75, 3.05) is 19.7 Å². The van der Waals surface area contributed by atoms with E-state index in [2.05, 4.69) is 18.7 Å². The van der Waals surface area contributed by atoms with Crippen LogP contribution in [0.5, 0.6) is 0 Å². The first-order chi connectivity index (χ1) is 7.19. The number of thiocarbonyl (C=S) groups is 1. The monoisotopic (exact) mass is 230 g/mol. The van der Waals surface area contributed by atoms with E-state index < -0.39 is 0 Å². The molecule has 1 aliphatic heterocycles. The Labute approximate surface area is 98.0 Å². The van der Waals surface area contributed by atoms with Gasteiger partial charge in [-0.25, -0.2) is 0 Å². The fourth-order valence-corrected chi connectivity index (χ4v) is 2.54. The predicted octanol–water partition coefficient (Wildman–Crippen LogP) is 1.55. The Morgan fingerprint density at radius 3 is 2.47 bits per heavy atom. The van der Waals surface area contributed by atoms with Crippen molar-refractivity contribution in [3.8, 4) is 0 Å². The lowest BCUT2D eigenvalue weighted by molar-refractivity contribution is 0.00994. The topological polar surface area (TPSA) is 38.5 Å². The number of hydrogen-bond donors (Lipinski definition) is 1. The Kier molecular flexibility index (Phi) is 5.50. The van der Waals surface area contributed by atoms with Gasteiger partial charge in [-0.1, -0.05) is 19.1 Å². The molecule has 3 nitrogen and oxygen atoms in total. The van der Waals surface area contributed by atoms with Crippen LogP contribution in [0, 0.1) is 0 Å². The summed E-state index contributed by atoms with van der Waals surface area (Å²) >= 11 is 5.08. The van der Waals surface area contributed by atoms with E-state index in [0.717, 1.165) is 39.0 Å². The highest BCUT2D eigenvalue weighted by molar-refractivity contribution is 7.80. The minimum atomic E-state index is 0.280. The van der Waals surface area contributed by atoms with Gasteiger partial charge in [0, 0.05) is 19.7 Å². The fraction of sp³-hybridized carbons (Fsp3) is 0.909. The smallest absolute Gasteiger partial charge is 0.0901 e. The summed E-state index contributed by atoms with van der Waals surface area (Å²) in [5.41, 5.74) is 5.73. The van der Waals surface area contributed by atoms with Crippen molar-refractivity contribution in [3.05, 3.63) is 0 Å². The summed E-state index contributed by atoms with van der Waals surface area (Å²) in [6.07, 6.45) is 3.66. The largest absolute Gasteiger partial charge is 0.392 e. The maximum atomic E-state index is 5.73. The van der Waals surface area contributed by atoms with Crippen LogP contribution >= 0.6 is 12.2 Å². The second-order valence-corrected chi connectivity index (χ2v) is 4.49. The van der Waals surface area contributed by atoms with Gasteiger partial charge in [-0.2, -0.15) is 0 Å². The van der Waals surface area contributed by atoms with Gasteiger partial charge in [0.25, 0.3) is 0 Å². The zero-order chi connectivity index (χ0) is 11.3. The minimum absolute atomic E-state index is 0.280. The molecule has 1 rings (SSSR count). The molecule has 15 heavy (non-hydrogen) atoms. The number of nitrogens with zero attached hydrogens (tertiary/aromatic N) is 1. The lowest BCUT2D eigenvalue weighted by Crippen LogP contribution is -2.48. The standard InChI is InChI=1S/C11H22N2OS/c1-3-10(11(12)15)13-7-5-9(6-8-13)14-4-2/h9-10H,3-8H2,1-2H3,(H2,12,15). The van der Waals surface area contributed by atoms with E-state index in [1.165, 1.54) is 0 Å². The number of likely N-dealkylation sites (tertiary alicyclic amines) is 1. The maximum absolute atomic E-state index is 5.73. The van der Waals surface area contributed by atoms with Gasteiger partial charge < -0.3 is 10.5 Å². The third-order valence-electron chi connectivity index (χ3n) is 3.03. The van der Waals surface area contributed by atoms with Gasteiger partial charge in [0.2, 0.25) is 0 Å². The molecule has 1 heterocycles. The number of hydrogen-bond acceptors (Lipinski definition) is 3. The van der Waals surface area contributed by atoms with E-state index in [0.29, 0.717) is 11.1 Å². The first-order valence-corrected chi connectivity index (χ1v) is 6.24. The van der Waals surface area contributed by atoms with Crippen LogP contribution in [0.1, 0.15) is 33.1 Å². The molecule has 1 unspecified atom stereocenters. The highest BCUT2D eigenvalue weighted by Crippen LogP contribution is 2.17. The lowest BCUT2D eigenvalue weighted by atomic mass is 10.0. The third kappa shape index (κ3) is 3.70. The van der Waals surface area contributed by atoms with Crippen LogP contribution in [0.25, 0.3) is 0 Å². The molecule has 1 fully saturated rings. The summed E-state index contributed by atoms with van der Waals surface area (Å²) in [7, 11) is 0. The Morgan fingerprint density at radius 2 is 2.07 bits per heavy atom. The molecule has 0 aromatic heterocycles. The molecule has 88 valence electrons.